The van der Waals surface area contributed by atoms with E-state index in [2.05, 4.69) is 22.3 Å². The van der Waals surface area contributed by atoms with Gasteiger partial charge in [-0.3, -0.25) is 5.10 Å². The predicted octanol–water partition coefficient (Wildman–Crippen LogP) is 3.79. The van der Waals surface area contributed by atoms with Crippen molar-refractivity contribution < 1.29 is 14.6 Å². The number of carboxylic acids is 1. The van der Waals surface area contributed by atoms with Gasteiger partial charge in [-0.25, -0.2) is 4.79 Å². The molecule has 0 bridgehead atoms. The summed E-state index contributed by atoms with van der Waals surface area (Å²) < 4.78 is 5.74. The second kappa shape index (κ2) is 7.46. The Morgan fingerprint density at radius 2 is 1.83 bits per heavy atom. The Kier molecular flexibility index (Phi) is 4.91. The first-order valence-corrected chi connectivity index (χ1v) is 7.78. The molecule has 0 saturated carbocycles. The Morgan fingerprint density at radius 3 is 2.50 bits per heavy atom. The van der Waals surface area contributed by atoms with Gasteiger partial charge in [-0.1, -0.05) is 30.3 Å². The summed E-state index contributed by atoms with van der Waals surface area (Å²) in [6.45, 7) is 0.653. The van der Waals surface area contributed by atoms with Crippen LogP contribution in [0.5, 0.6) is 5.75 Å². The summed E-state index contributed by atoms with van der Waals surface area (Å²) in [7, 11) is 0. The number of aryl methyl sites for hydroxylation is 1. The molecule has 0 aliphatic heterocycles. The number of H-pyrrole nitrogens is 1. The van der Waals surface area contributed by atoms with Crippen LogP contribution < -0.4 is 4.74 Å². The van der Waals surface area contributed by atoms with Crippen molar-refractivity contribution in [2.24, 2.45) is 0 Å². The van der Waals surface area contributed by atoms with E-state index in [9.17, 15) is 4.79 Å². The number of nitrogens with zero attached hydrogens (tertiary/aromatic N) is 1. The highest BCUT2D eigenvalue weighted by Gasteiger charge is 2.09. The van der Waals surface area contributed by atoms with Crippen LogP contribution >= 0.6 is 0 Å². The lowest BCUT2D eigenvalue weighted by Gasteiger charge is -2.07. The average Bonchev–Trinajstić information content (AvgIpc) is 3.11. The monoisotopic (exact) mass is 322 g/mol. The highest BCUT2D eigenvalue weighted by atomic mass is 16.5. The van der Waals surface area contributed by atoms with Gasteiger partial charge >= 0.3 is 5.97 Å². The molecule has 5 heteroatoms. The van der Waals surface area contributed by atoms with Gasteiger partial charge in [0.25, 0.3) is 0 Å². The van der Waals surface area contributed by atoms with Crippen molar-refractivity contribution in [1.82, 2.24) is 10.2 Å². The molecular weight excluding hydrogens is 304 g/mol. The van der Waals surface area contributed by atoms with Crippen LogP contribution in [0.3, 0.4) is 0 Å². The number of aromatic nitrogens is 2. The predicted molar refractivity (Wildman–Crippen MR) is 91.2 cm³/mol. The number of hydrogen-bond acceptors (Lipinski definition) is 3. The molecule has 0 saturated heterocycles. The summed E-state index contributed by atoms with van der Waals surface area (Å²) in [5.41, 5.74) is 2.83. The molecule has 0 fully saturated rings. The van der Waals surface area contributed by atoms with Crippen LogP contribution in [-0.2, 0) is 6.42 Å². The number of carbonyl (C=O) groups is 1. The molecule has 122 valence electrons. The van der Waals surface area contributed by atoms with E-state index in [1.165, 1.54) is 11.6 Å². The van der Waals surface area contributed by atoms with Crippen LogP contribution in [-0.4, -0.2) is 27.9 Å². The van der Waals surface area contributed by atoms with E-state index in [-0.39, 0.29) is 5.69 Å². The third-order valence-electron chi connectivity index (χ3n) is 3.68. The molecule has 0 aliphatic rings. The Hall–Kier alpha value is -3.08. The van der Waals surface area contributed by atoms with Crippen LogP contribution in [0.25, 0.3) is 11.3 Å². The number of ether oxygens (including phenoxy) is 1. The molecule has 0 spiro atoms. The van der Waals surface area contributed by atoms with Crippen molar-refractivity contribution in [3.05, 3.63) is 71.9 Å². The van der Waals surface area contributed by atoms with E-state index >= 15 is 0 Å². The number of aromatic carboxylic acids is 1. The van der Waals surface area contributed by atoms with E-state index in [0.29, 0.717) is 12.3 Å². The van der Waals surface area contributed by atoms with Gasteiger partial charge in [-0.05, 0) is 48.7 Å². The average molecular weight is 322 g/mol. The van der Waals surface area contributed by atoms with E-state index in [0.717, 1.165) is 24.2 Å². The van der Waals surface area contributed by atoms with Crippen molar-refractivity contribution in [3.63, 3.8) is 0 Å². The van der Waals surface area contributed by atoms with E-state index < -0.39 is 5.97 Å². The van der Waals surface area contributed by atoms with Gasteiger partial charge in [0.15, 0.2) is 0 Å². The lowest BCUT2D eigenvalue weighted by molar-refractivity contribution is 0.0690. The zero-order valence-electron chi connectivity index (χ0n) is 13.1. The molecule has 3 aromatic rings. The maximum absolute atomic E-state index is 10.9. The molecule has 1 heterocycles. The fourth-order valence-corrected chi connectivity index (χ4v) is 2.41. The van der Waals surface area contributed by atoms with Crippen molar-refractivity contribution in [3.8, 4) is 17.0 Å². The Labute approximate surface area is 139 Å². The lowest BCUT2D eigenvalue weighted by atomic mass is 10.1. The molecule has 5 nitrogen and oxygen atoms in total. The van der Waals surface area contributed by atoms with Crippen LogP contribution in [0.4, 0.5) is 0 Å². The molecular formula is C19H18N2O3. The zero-order chi connectivity index (χ0) is 16.8. The fourth-order valence-electron chi connectivity index (χ4n) is 2.41. The summed E-state index contributed by atoms with van der Waals surface area (Å²) >= 11 is 0. The molecule has 0 radical (unpaired) electrons. The summed E-state index contributed by atoms with van der Waals surface area (Å²) in [5, 5.41) is 15.4. The highest BCUT2D eigenvalue weighted by Crippen LogP contribution is 2.21. The Balaban J connectivity index is 1.51. The van der Waals surface area contributed by atoms with Crippen molar-refractivity contribution >= 4 is 5.97 Å². The molecule has 0 amide bonds. The highest BCUT2D eigenvalue weighted by molar-refractivity contribution is 5.86. The van der Waals surface area contributed by atoms with Gasteiger partial charge in [0.05, 0.1) is 12.3 Å². The number of carboxylic acid groups (broad SMARTS) is 1. The largest absolute Gasteiger partial charge is 0.494 e. The quantitative estimate of drug-likeness (QED) is 0.649. The molecule has 2 N–H and O–H groups in total. The van der Waals surface area contributed by atoms with Gasteiger partial charge < -0.3 is 9.84 Å². The standard InChI is InChI=1S/C19H18N2O3/c22-19(23)18-13-17(20-21-18)15-8-10-16(11-9-15)24-12-4-7-14-5-2-1-3-6-14/h1-3,5-6,8-11,13H,4,7,12H2,(H,20,21)(H,22,23). The summed E-state index contributed by atoms with van der Waals surface area (Å²) in [5.74, 6) is -0.229. The van der Waals surface area contributed by atoms with Crippen LogP contribution in [0.2, 0.25) is 0 Å². The fraction of sp³-hybridized carbons (Fsp3) is 0.158. The van der Waals surface area contributed by atoms with Gasteiger partial charge in [-0.15, -0.1) is 0 Å². The van der Waals surface area contributed by atoms with E-state index in [4.69, 9.17) is 9.84 Å². The van der Waals surface area contributed by atoms with Crippen LogP contribution in [0.1, 0.15) is 22.5 Å². The minimum absolute atomic E-state index is 0.0752. The summed E-state index contributed by atoms with van der Waals surface area (Å²) in [6, 6.07) is 19.3. The number of hydrogen-bond donors (Lipinski definition) is 2. The third-order valence-corrected chi connectivity index (χ3v) is 3.68. The second-order valence-electron chi connectivity index (χ2n) is 5.43. The molecule has 3 rings (SSSR count). The SMILES string of the molecule is O=C(O)c1cc(-c2ccc(OCCCc3ccccc3)cc2)n[nH]1. The molecule has 0 atom stereocenters. The minimum atomic E-state index is -1.02. The number of benzene rings is 2. The van der Waals surface area contributed by atoms with Crippen molar-refractivity contribution in [1.29, 1.82) is 0 Å². The van der Waals surface area contributed by atoms with Crippen LogP contribution in [0.15, 0.2) is 60.7 Å². The van der Waals surface area contributed by atoms with Gasteiger partial charge in [0.2, 0.25) is 0 Å². The first-order valence-electron chi connectivity index (χ1n) is 7.78. The molecule has 2 aromatic carbocycles. The molecule has 0 aliphatic carbocycles. The van der Waals surface area contributed by atoms with Crippen LogP contribution in [0, 0.1) is 0 Å². The smallest absolute Gasteiger partial charge is 0.353 e. The maximum Gasteiger partial charge on any atom is 0.353 e. The Bertz CT molecular complexity index is 795. The number of nitrogens with one attached hydrogen (secondary N) is 1. The maximum atomic E-state index is 10.9. The van der Waals surface area contributed by atoms with E-state index in [1.807, 2.05) is 42.5 Å². The van der Waals surface area contributed by atoms with Crippen molar-refractivity contribution in [2.45, 2.75) is 12.8 Å². The van der Waals surface area contributed by atoms with Gasteiger partial charge in [0, 0.05) is 5.56 Å². The molecule has 1 aromatic heterocycles. The van der Waals surface area contributed by atoms with E-state index in [1.54, 1.807) is 0 Å². The normalized spacial score (nSPS) is 10.5. The first kappa shape index (κ1) is 15.8. The summed E-state index contributed by atoms with van der Waals surface area (Å²) in [4.78, 5) is 10.9. The number of rotatable bonds is 7. The molecule has 24 heavy (non-hydrogen) atoms. The summed E-state index contributed by atoms with van der Waals surface area (Å²) in [6.07, 6.45) is 1.94. The van der Waals surface area contributed by atoms with Gasteiger partial charge in [0.1, 0.15) is 11.4 Å². The Morgan fingerprint density at radius 1 is 1.08 bits per heavy atom. The minimum Gasteiger partial charge on any atom is -0.494 e. The zero-order valence-corrected chi connectivity index (χ0v) is 13.1. The van der Waals surface area contributed by atoms with Crippen molar-refractivity contribution in [2.75, 3.05) is 6.61 Å². The lowest BCUT2D eigenvalue weighted by Crippen LogP contribution is -1.99. The van der Waals surface area contributed by atoms with Gasteiger partial charge in [-0.2, -0.15) is 5.10 Å². The molecule has 0 unspecified atom stereocenters. The second-order valence-corrected chi connectivity index (χ2v) is 5.43. The topological polar surface area (TPSA) is 75.2 Å². The third kappa shape index (κ3) is 4.01. The number of aromatic amines is 1. The first-order chi connectivity index (χ1) is 11.7.